The Morgan fingerprint density at radius 2 is 2.18 bits per heavy atom. The van der Waals surface area contributed by atoms with Crippen molar-refractivity contribution in [2.75, 3.05) is 7.05 Å². The first kappa shape index (κ1) is 13.7. The van der Waals surface area contributed by atoms with E-state index in [1.807, 2.05) is 31.3 Å². The van der Waals surface area contributed by atoms with Crippen LogP contribution < -0.4 is 5.73 Å². The maximum atomic E-state index is 12.2. The largest absolute Gasteiger partial charge is 0.339 e. The van der Waals surface area contributed by atoms with Crippen LogP contribution in [0.2, 0.25) is 0 Å². The van der Waals surface area contributed by atoms with Crippen molar-refractivity contribution in [2.24, 2.45) is 5.73 Å². The Hall–Kier alpha value is -1.35. The number of carbonyl (C=O) groups is 1. The summed E-state index contributed by atoms with van der Waals surface area (Å²) in [5.41, 5.74) is 7.29. The monoisotopic (exact) mass is 234 g/mol. The first-order chi connectivity index (χ1) is 8.10. The minimum atomic E-state index is 0.0706. The van der Waals surface area contributed by atoms with Gasteiger partial charge in [0.2, 0.25) is 0 Å². The highest BCUT2D eigenvalue weighted by atomic mass is 16.2. The summed E-state index contributed by atoms with van der Waals surface area (Å²) in [6.45, 7) is 4.67. The lowest BCUT2D eigenvalue weighted by Gasteiger charge is -2.24. The molecule has 0 spiro atoms. The Morgan fingerprint density at radius 3 is 2.76 bits per heavy atom. The Labute approximate surface area is 104 Å². The number of nitrogens with two attached hydrogens (primary N) is 1. The van der Waals surface area contributed by atoms with Crippen molar-refractivity contribution in [3.63, 3.8) is 0 Å². The fourth-order valence-electron chi connectivity index (χ4n) is 1.85. The molecule has 0 aliphatic rings. The maximum absolute atomic E-state index is 12.2. The Balaban J connectivity index is 2.80. The lowest BCUT2D eigenvalue weighted by molar-refractivity contribution is 0.0736. The first-order valence-corrected chi connectivity index (χ1v) is 6.16. The minimum Gasteiger partial charge on any atom is -0.339 e. The maximum Gasteiger partial charge on any atom is 0.253 e. The molecule has 1 rings (SSSR count). The SMILES string of the molecule is CCCC(C)N(C)C(=O)c1cccc(CN)c1. The van der Waals surface area contributed by atoms with Crippen molar-refractivity contribution in [1.82, 2.24) is 4.90 Å². The molecule has 0 aromatic heterocycles. The molecule has 1 atom stereocenters. The van der Waals surface area contributed by atoms with Crippen LogP contribution in [-0.2, 0) is 6.54 Å². The number of benzene rings is 1. The van der Waals surface area contributed by atoms with Gasteiger partial charge in [-0.25, -0.2) is 0 Å². The number of hydrogen-bond acceptors (Lipinski definition) is 2. The molecule has 0 saturated heterocycles. The van der Waals surface area contributed by atoms with E-state index in [0.717, 1.165) is 24.0 Å². The third-order valence-corrected chi connectivity index (χ3v) is 3.10. The van der Waals surface area contributed by atoms with Crippen molar-refractivity contribution in [2.45, 2.75) is 39.3 Å². The van der Waals surface area contributed by atoms with Crippen molar-refractivity contribution in [1.29, 1.82) is 0 Å². The van der Waals surface area contributed by atoms with Crippen LogP contribution in [0.25, 0.3) is 0 Å². The van der Waals surface area contributed by atoms with Crippen LogP contribution in [0, 0.1) is 0 Å². The van der Waals surface area contributed by atoms with E-state index in [1.54, 1.807) is 4.90 Å². The van der Waals surface area contributed by atoms with Gasteiger partial charge in [0.25, 0.3) is 5.91 Å². The molecule has 0 saturated carbocycles. The van der Waals surface area contributed by atoms with Gasteiger partial charge in [0.15, 0.2) is 0 Å². The van der Waals surface area contributed by atoms with Crippen LogP contribution >= 0.6 is 0 Å². The third kappa shape index (κ3) is 3.56. The number of carbonyl (C=O) groups excluding carboxylic acids is 1. The Bertz CT molecular complexity index is 376. The van der Waals surface area contributed by atoms with Crippen molar-refractivity contribution in [3.05, 3.63) is 35.4 Å². The number of rotatable bonds is 5. The van der Waals surface area contributed by atoms with Crippen LogP contribution in [0.15, 0.2) is 24.3 Å². The van der Waals surface area contributed by atoms with E-state index in [2.05, 4.69) is 13.8 Å². The highest BCUT2D eigenvalue weighted by Gasteiger charge is 2.16. The molecule has 94 valence electrons. The van der Waals surface area contributed by atoms with Crippen LogP contribution in [0.1, 0.15) is 42.6 Å². The standard InChI is InChI=1S/C14H22N2O/c1-4-6-11(2)16(3)14(17)13-8-5-7-12(9-13)10-15/h5,7-9,11H,4,6,10,15H2,1-3H3. The smallest absolute Gasteiger partial charge is 0.253 e. The zero-order chi connectivity index (χ0) is 12.8. The molecular formula is C14H22N2O. The van der Waals surface area contributed by atoms with Gasteiger partial charge >= 0.3 is 0 Å². The molecule has 1 amide bonds. The molecule has 3 nitrogen and oxygen atoms in total. The van der Waals surface area contributed by atoms with Crippen LogP contribution in [0.5, 0.6) is 0 Å². The summed E-state index contributed by atoms with van der Waals surface area (Å²) in [7, 11) is 1.86. The minimum absolute atomic E-state index is 0.0706. The molecule has 0 aliphatic heterocycles. The summed E-state index contributed by atoms with van der Waals surface area (Å²) >= 11 is 0. The van der Waals surface area contributed by atoms with Gasteiger partial charge in [-0.3, -0.25) is 4.79 Å². The molecule has 2 N–H and O–H groups in total. The number of hydrogen-bond donors (Lipinski definition) is 1. The summed E-state index contributed by atoms with van der Waals surface area (Å²) < 4.78 is 0. The molecule has 0 radical (unpaired) electrons. The highest BCUT2D eigenvalue weighted by molar-refractivity contribution is 5.94. The van der Waals surface area contributed by atoms with Gasteiger partial charge in [-0.15, -0.1) is 0 Å². The van der Waals surface area contributed by atoms with Gasteiger partial charge in [0.1, 0.15) is 0 Å². The van der Waals surface area contributed by atoms with Gasteiger partial charge in [-0.05, 0) is 31.0 Å². The summed E-state index contributed by atoms with van der Waals surface area (Å²) in [6, 6.07) is 7.81. The zero-order valence-electron chi connectivity index (χ0n) is 10.9. The molecule has 0 aliphatic carbocycles. The molecular weight excluding hydrogens is 212 g/mol. The quantitative estimate of drug-likeness (QED) is 0.850. The van der Waals surface area contributed by atoms with E-state index in [4.69, 9.17) is 5.73 Å². The van der Waals surface area contributed by atoms with E-state index in [1.165, 1.54) is 0 Å². The third-order valence-electron chi connectivity index (χ3n) is 3.10. The fourth-order valence-corrected chi connectivity index (χ4v) is 1.85. The Morgan fingerprint density at radius 1 is 1.47 bits per heavy atom. The lowest BCUT2D eigenvalue weighted by atomic mass is 10.1. The lowest BCUT2D eigenvalue weighted by Crippen LogP contribution is -2.35. The topological polar surface area (TPSA) is 46.3 Å². The predicted molar refractivity (Wildman–Crippen MR) is 70.8 cm³/mol. The molecule has 1 unspecified atom stereocenters. The molecule has 0 bridgehead atoms. The average Bonchev–Trinajstić information content (AvgIpc) is 2.37. The first-order valence-electron chi connectivity index (χ1n) is 6.16. The second kappa shape index (κ2) is 6.40. The van der Waals surface area contributed by atoms with Crippen molar-refractivity contribution >= 4 is 5.91 Å². The normalized spacial score (nSPS) is 12.2. The average molecular weight is 234 g/mol. The predicted octanol–water partition coefficient (Wildman–Crippen LogP) is 2.41. The molecule has 1 aromatic rings. The highest BCUT2D eigenvalue weighted by Crippen LogP contribution is 2.11. The second-order valence-corrected chi connectivity index (χ2v) is 4.46. The summed E-state index contributed by atoms with van der Waals surface area (Å²) in [5.74, 6) is 0.0706. The van der Waals surface area contributed by atoms with Crippen LogP contribution in [-0.4, -0.2) is 23.9 Å². The summed E-state index contributed by atoms with van der Waals surface area (Å²) in [4.78, 5) is 14.0. The summed E-state index contributed by atoms with van der Waals surface area (Å²) in [5, 5.41) is 0. The van der Waals surface area contributed by atoms with Gasteiger partial charge in [0, 0.05) is 25.2 Å². The van der Waals surface area contributed by atoms with Gasteiger partial charge in [-0.2, -0.15) is 0 Å². The van der Waals surface area contributed by atoms with Crippen molar-refractivity contribution in [3.8, 4) is 0 Å². The number of amides is 1. The van der Waals surface area contributed by atoms with E-state index in [-0.39, 0.29) is 11.9 Å². The Kier molecular flexibility index (Phi) is 5.16. The van der Waals surface area contributed by atoms with E-state index >= 15 is 0 Å². The second-order valence-electron chi connectivity index (χ2n) is 4.46. The molecule has 3 heteroatoms. The molecule has 1 aromatic carbocycles. The van der Waals surface area contributed by atoms with Crippen LogP contribution in [0.4, 0.5) is 0 Å². The van der Waals surface area contributed by atoms with Crippen molar-refractivity contribution < 1.29 is 4.79 Å². The van der Waals surface area contributed by atoms with E-state index in [9.17, 15) is 4.79 Å². The number of nitrogens with zero attached hydrogens (tertiary/aromatic N) is 1. The van der Waals surface area contributed by atoms with Gasteiger partial charge in [0.05, 0.1) is 0 Å². The molecule has 17 heavy (non-hydrogen) atoms. The van der Waals surface area contributed by atoms with Gasteiger partial charge < -0.3 is 10.6 Å². The fraction of sp³-hybridized carbons (Fsp3) is 0.500. The van der Waals surface area contributed by atoms with Crippen LogP contribution in [0.3, 0.4) is 0 Å². The van der Waals surface area contributed by atoms with Gasteiger partial charge in [-0.1, -0.05) is 25.5 Å². The zero-order valence-corrected chi connectivity index (χ0v) is 10.9. The van der Waals surface area contributed by atoms with E-state index in [0.29, 0.717) is 6.54 Å². The molecule has 0 heterocycles. The van der Waals surface area contributed by atoms with E-state index < -0.39 is 0 Å². The molecule has 0 fully saturated rings. The summed E-state index contributed by atoms with van der Waals surface area (Å²) in [6.07, 6.45) is 2.11.